The van der Waals surface area contributed by atoms with Gasteiger partial charge in [-0.2, -0.15) is 0 Å². The van der Waals surface area contributed by atoms with Crippen molar-refractivity contribution >= 4 is 0 Å². The minimum absolute atomic E-state index is 0.389. The van der Waals surface area contributed by atoms with Crippen molar-refractivity contribution in [2.75, 3.05) is 26.8 Å². The summed E-state index contributed by atoms with van der Waals surface area (Å²) in [6.07, 6.45) is 3.33. The number of methoxy groups -OCH3 is 1. The smallest absolute Gasteiger partial charge is 0.130 e. The van der Waals surface area contributed by atoms with Gasteiger partial charge < -0.3 is 9.84 Å². The summed E-state index contributed by atoms with van der Waals surface area (Å²) in [7, 11) is 1.62. The fourth-order valence-electron chi connectivity index (χ4n) is 1.47. The minimum Gasteiger partial charge on any atom is -0.381 e. The molecule has 1 rings (SSSR count). The molecule has 1 saturated heterocycles. The van der Waals surface area contributed by atoms with Crippen LogP contribution in [-0.4, -0.2) is 43.0 Å². The van der Waals surface area contributed by atoms with E-state index in [1.165, 1.54) is 19.3 Å². The highest BCUT2D eigenvalue weighted by molar-refractivity contribution is 4.66. The Hall–Kier alpha value is -0.120. The maximum Gasteiger partial charge on any atom is 0.130 e. The molecular formula is C8H17NO2. The Morgan fingerprint density at radius 1 is 1.36 bits per heavy atom. The van der Waals surface area contributed by atoms with Crippen LogP contribution in [0.15, 0.2) is 0 Å². The van der Waals surface area contributed by atoms with Crippen LogP contribution in [0.25, 0.3) is 0 Å². The summed E-state index contributed by atoms with van der Waals surface area (Å²) in [5.41, 5.74) is 0. The van der Waals surface area contributed by atoms with E-state index < -0.39 is 0 Å². The highest BCUT2D eigenvalue weighted by Gasteiger charge is 2.17. The van der Waals surface area contributed by atoms with Crippen molar-refractivity contribution in [3.05, 3.63) is 0 Å². The molecular weight excluding hydrogens is 142 g/mol. The Kier molecular flexibility index (Phi) is 3.83. The lowest BCUT2D eigenvalue weighted by atomic mass is 10.1. The van der Waals surface area contributed by atoms with Crippen LogP contribution in [0.1, 0.15) is 19.3 Å². The van der Waals surface area contributed by atoms with E-state index in [-0.39, 0.29) is 6.23 Å². The molecule has 0 aromatic rings. The second-order valence-corrected chi connectivity index (χ2v) is 3.03. The topological polar surface area (TPSA) is 32.7 Å². The predicted octanol–water partition coefficient (Wildman–Crippen LogP) is 0.437. The maximum absolute atomic E-state index is 9.47. The van der Waals surface area contributed by atoms with Crippen molar-refractivity contribution in [1.82, 2.24) is 4.90 Å². The van der Waals surface area contributed by atoms with Gasteiger partial charge in [0.1, 0.15) is 6.23 Å². The molecule has 1 N–H and O–H groups in total. The van der Waals surface area contributed by atoms with E-state index in [1.807, 2.05) is 0 Å². The summed E-state index contributed by atoms with van der Waals surface area (Å²) in [4.78, 5) is 2.08. The Morgan fingerprint density at radius 2 is 2.00 bits per heavy atom. The third-order valence-corrected chi connectivity index (χ3v) is 2.13. The summed E-state index contributed by atoms with van der Waals surface area (Å²) in [5, 5.41) is 9.47. The molecule has 1 fully saturated rings. The lowest BCUT2D eigenvalue weighted by molar-refractivity contribution is -0.0543. The molecule has 0 spiro atoms. The number of nitrogens with zero attached hydrogens (tertiary/aromatic N) is 1. The van der Waals surface area contributed by atoms with E-state index in [1.54, 1.807) is 7.11 Å². The normalized spacial score (nSPS) is 23.5. The zero-order chi connectivity index (χ0) is 8.10. The summed E-state index contributed by atoms with van der Waals surface area (Å²) in [6, 6.07) is 0. The maximum atomic E-state index is 9.47. The van der Waals surface area contributed by atoms with Crippen LogP contribution >= 0.6 is 0 Å². The van der Waals surface area contributed by atoms with Crippen molar-refractivity contribution in [3.8, 4) is 0 Å². The molecule has 1 atom stereocenters. The fraction of sp³-hybridized carbons (Fsp3) is 1.00. The number of rotatable bonds is 3. The first kappa shape index (κ1) is 8.97. The first-order valence-electron chi connectivity index (χ1n) is 4.25. The summed E-state index contributed by atoms with van der Waals surface area (Å²) < 4.78 is 4.87. The minimum atomic E-state index is -0.389. The highest BCUT2D eigenvalue weighted by atomic mass is 16.5. The first-order valence-corrected chi connectivity index (χ1v) is 4.25. The van der Waals surface area contributed by atoms with Crippen LogP contribution in [0.5, 0.6) is 0 Å². The van der Waals surface area contributed by atoms with Crippen LogP contribution in [0.2, 0.25) is 0 Å². The number of ether oxygens (including phenoxy) is 1. The van der Waals surface area contributed by atoms with Crippen LogP contribution < -0.4 is 0 Å². The molecule has 3 heteroatoms. The van der Waals surface area contributed by atoms with Gasteiger partial charge in [0.2, 0.25) is 0 Å². The van der Waals surface area contributed by atoms with Crippen LogP contribution in [0.4, 0.5) is 0 Å². The summed E-state index contributed by atoms with van der Waals surface area (Å²) in [6.45, 7) is 2.47. The molecule has 0 amide bonds. The average molecular weight is 159 g/mol. The van der Waals surface area contributed by atoms with Crippen molar-refractivity contribution in [3.63, 3.8) is 0 Å². The molecule has 0 aromatic carbocycles. The van der Waals surface area contributed by atoms with Crippen molar-refractivity contribution in [2.45, 2.75) is 25.5 Å². The lowest BCUT2D eigenvalue weighted by Crippen LogP contribution is -2.41. The van der Waals surface area contributed by atoms with Gasteiger partial charge in [0, 0.05) is 20.2 Å². The van der Waals surface area contributed by atoms with Gasteiger partial charge in [-0.15, -0.1) is 0 Å². The van der Waals surface area contributed by atoms with Gasteiger partial charge in [-0.1, -0.05) is 6.42 Å². The van der Waals surface area contributed by atoms with E-state index in [2.05, 4.69) is 4.90 Å². The van der Waals surface area contributed by atoms with Crippen molar-refractivity contribution in [2.24, 2.45) is 0 Å². The quantitative estimate of drug-likeness (QED) is 0.648. The van der Waals surface area contributed by atoms with Gasteiger partial charge in [0.05, 0.1) is 6.61 Å². The third kappa shape index (κ3) is 2.77. The molecule has 1 aliphatic rings. The molecule has 1 aliphatic heterocycles. The van der Waals surface area contributed by atoms with Gasteiger partial charge in [-0.25, -0.2) is 0 Å². The summed E-state index contributed by atoms with van der Waals surface area (Å²) in [5.74, 6) is 0. The Bertz CT molecular complexity index is 102. The monoisotopic (exact) mass is 159 g/mol. The molecule has 0 saturated carbocycles. The number of hydrogen-bond donors (Lipinski definition) is 1. The Labute approximate surface area is 68.0 Å². The van der Waals surface area contributed by atoms with Crippen LogP contribution in [-0.2, 0) is 4.74 Å². The molecule has 66 valence electrons. The first-order chi connectivity index (χ1) is 5.34. The molecule has 0 aliphatic carbocycles. The van der Waals surface area contributed by atoms with E-state index in [0.29, 0.717) is 6.61 Å². The number of aliphatic hydroxyl groups excluding tert-OH is 1. The lowest BCUT2D eigenvalue weighted by Gasteiger charge is -2.30. The Balaban J connectivity index is 2.21. The van der Waals surface area contributed by atoms with E-state index in [9.17, 15) is 5.11 Å². The van der Waals surface area contributed by atoms with Gasteiger partial charge in [-0.3, -0.25) is 4.90 Å². The number of piperidine rings is 1. The second-order valence-electron chi connectivity index (χ2n) is 3.03. The zero-order valence-electron chi connectivity index (χ0n) is 7.12. The summed E-state index contributed by atoms with van der Waals surface area (Å²) >= 11 is 0. The highest BCUT2D eigenvalue weighted by Crippen LogP contribution is 2.10. The zero-order valence-corrected chi connectivity index (χ0v) is 7.12. The van der Waals surface area contributed by atoms with E-state index in [4.69, 9.17) is 4.74 Å². The third-order valence-electron chi connectivity index (χ3n) is 2.13. The Morgan fingerprint density at radius 3 is 2.55 bits per heavy atom. The van der Waals surface area contributed by atoms with Crippen LogP contribution in [0, 0.1) is 0 Å². The average Bonchev–Trinajstić information content (AvgIpc) is 2.07. The predicted molar refractivity (Wildman–Crippen MR) is 43.3 cm³/mol. The second kappa shape index (κ2) is 4.70. The molecule has 11 heavy (non-hydrogen) atoms. The number of hydrogen-bond acceptors (Lipinski definition) is 3. The molecule has 0 radical (unpaired) electrons. The molecule has 3 nitrogen and oxygen atoms in total. The van der Waals surface area contributed by atoms with Crippen molar-refractivity contribution < 1.29 is 9.84 Å². The van der Waals surface area contributed by atoms with E-state index >= 15 is 0 Å². The van der Waals surface area contributed by atoms with Gasteiger partial charge in [-0.05, 0) is 12.8 Å². The van der Waals surface area contributed by atoms with Crippen LogP contribution in [0.3, 0.4) is 0 Å². The molecule has 1 heterocycles. The standard InChI is InChI=1S/C8H17NO2/c1-11-7-8(10)9-5-3-2-4-6-9/h8,10H,2-7H2,1H3. The van der Waals surface area contributed by atoms with Gasteiger partial charge in [0.25, 0.3) is 0 Å². The molecule has 0 bridgehead atoms. The number of aliphatic hydroxyl groups is 1. The van der Waals surface area contributed by atoms with Gasteiger partial charge >= 0.3 is 0 Å². The van der Waals surface area contributed by atoms with Gasteiger partial charge in [0.15, 0.2) is 0 Å². The number of likely N-dealkylation sites (tertiary alicyclic amines) is 1. The largest absolute Gasteiger partial charge is 0.381 e. The fourth-order valence-corrected chi connectivity index (χ4v) is 1.47. The van der Waals surface area contributed by atoms with E-state index in [0.717, 1.165) is 13.1 Å². The molecule has 1 unspecified atom stereocenters. The molecule has 0 aromatic heterocycles. The van der Waals surface area contributed by atoms with Crippen molar-refractivity contribution in [1.29, 1.82) is 0 Å². The SMILES string of the molecule is COCC(O)N1CCCCC1.